The zero-order valence-corrected chi connectivity index (χ0v) is 13.7. The third-order valence-corrected chi connectivity index (χ3v) is 4.49. The van der Waals surface area contributed by atoms with Gasteiger partial charge in [-0.2, -0.15) is 0 Å². The first-order valence-electron chi connectivity index (χ1n) is 7.76. The van der Waals surface area contributed by atoms with E-state index in [1.165, 1.54) is 11.1 Å². The molecule has 0 spiro atoms. The number of nitrogens with zero attached hydrogens (tertiary/aromatic N) is 1. The summed E-state index contributed by atoms with van der Waals surface area (Å²) in [6.45, 7) is 2.79. The van der Waals surface area contributed by atoms with E-state index in [0.717, 1.165) is 17.9 Å². The fourth-order valence-corrected chi connectivity index (χ4v) is 3.11. The Morgan fingerprint density at radius 3 is 2.35 bits per heavy atom. The van der Waals surface area contributed by atoms with Crippen molar-refractivity contribution in [3.63, 3.8) is 0 Å². The van der Waals surface area contributed by atoms with Crippen LogP contribution in [0, 0.1) is 0 Å². The second kappa shape index (κ2) is 6.32. The molecular formula is C19H21NO3. The van der Waals surface area contributed by atoms with E-state index in [1.807, 2.05) is 35.2 Å². The molecule has 0 saturated heterocycles. The molecule has 1 aliphatic heterocycles. The summed E-state index contributed by atoms with van der Waals surface area (Å²) in [5, 5.41) is 0. The van der Waals surface area contributed by atoms with E-state index < -0.39 is 0 Å². The summed E-state index contributed by atoms with van der Waals surface area (Å²) in [5.74, 6) is 1.68. The summed E-state index contributed by atoms with van der Waals surface area (Å²) in [6, 6.07) is 13.4. The highest BCUT2D eigenvalue weighted by atomic mass is 16.5. The van der Waals surface area contributed by atoms with Crippen LogP contribution in [0.25, 0.3) is 0 Å². The van der Waals surface area contributed by atoms with Gasteiger partial charge in [0.05, 0.1) is 20.3 Å². The van der Waals surface area contributed by atoms with E-state index in [0.29, 0.717) is 12.1 Å². The lowest BCUT2D eigenvalue weighted by Crippen LogP contribution is -2.38. The summed E-state index contributed by atoms with van der Waals surface area (Å²) >= 11 is 0. The van der Waals surface area contributed by atoms with Crippen LogP contribution in [0.3, 0.4) is 0 Å². The average molecular weight is 311 g/mol. The van der Waals surface area contributed by atoms with Crippen LogP contribution in [-0.4, -0.2) is 31.6 Å². The number of carbonyl (C=O) groups is 1. The molecule has 2 aromatic carbocycles. The van der Waals surface area contributed by atoms with Crippen molar-refractivity contribution in [3.8, 4) is 11.5 Å². The Labute approximate surface area is 136 Å². The molecule has 4 nitrogen and oxygen atoms in total. The lowest BCUT2D eigenvalue weighted by atomic mass is 9.92. The first kappa shape index (κ1) is 15.4. The highest BCUT2D eigenvalue weighted by molar-refractivity contribution is 5.94. The van der Waals surface area contributed by atoms with Crippen LogP contribution in [0.1, 0.15) is 34.5 Å². The number of hydrogen-bond donors (Lipinski definition) is 0. The topological polar surface area (TPSA) is 38.8 Å². The first-order chi connectivity index (χ1) is 11.1. The van der Waals surface area contributed by atoms with E-state index in [2.05, 4.69) is 19.1 Å². The largest absolute Gasteiger partial charge is 0.497 e. The van der Waals surface area contributed by atoms with Crippen molar-refractivity contribution in [2.24, 2.45) is 0 Å². The average Bonchev–Trinajstić information content (AvgIpc) is 2.61. The Kier molecular flexibility index (Phi) is 4.24. The third kappa shape index (κ3) is 2.89. The van der Waals surface area contributed by atoms with E-state index in [9.17, 15) is 4.79 Å². The monoisotopic (exact) mass is 311 g/mol. The van der Waals surface area contributed by atoms with Crippen LogP contribution in [0.15, 0.2) is 42.5 Å². The molecule has 0 aromatic heterocycles. The van der Waals surface area contributed by atoms with Crippen molar-refractivity contribution in [3.05, 3.63) is 59.2 Å². The zero-order valence-electron chi connectivity index (χ0n) is 13.7. The van der Waals surface area contributed by atoms with Crippen molar-refractivity contribution in [1.82, 2.24) is 4.90 Å². The molecule has 2 aromatic rings. The van der Waals surface area contributed by atoms with Crippen LogP contribution in [-0.2, 0) is 6.42 Å². The number of ether oxygens (including phenoxy) is 2. The van der Waals surface area contributed by atoms with Crippen LogP contribution in [0.4, 0.5) is 0 Å². The van der Waals surface area contributed by atoms with Crippen LogP contribution < -0.4 is 9.47 Å². The van der Waals surface area contributed by atoms with Gasteiger partial charge in [-0.05, 0) is 60.9 Å². The summed E-state index contributed by atoms with van der Waals surface area (Å²) < 4.78 is 10.4. The summed E-state index contributed by atoms with van der Waals surface area (Å²) in [7, 11) is 3.29. The smallest absolute Gasteiger partial charge is 0.254 e. The van der Waals surface area contributed by atoms with Crippen molar-refractivity contribution in [2.45, 2.75) is 19.4 Å². The number of fused-ring (bicyclic) bond motifs is 1. The quantitative estimate of drug-likeness (QED) is 0.871. The number of hydrogen-bond acceptors (Lipinski definition) is 3. The maximum atomic E-state index is 12.8. The lowest BCUT2D eigenvalue weighted by molar-refractivity contribution is 0.0677. The number of benzene rings is 2. The van der Waals surface area contributed by atoms with E-state index >= 15 is 0 Å². The molecule has 23 heavy (non-hydrogen) atoms. The minimum Gasteiger partial charge on any atom is -0.497 e. The van der Waals surface area contributed by atoms with Crippen LogP contribution in [0.2, 0.25) is 0 Å². The highest BCUT2D eigenvalue weighted by Gasteiger charge is 2.28. The van der Waals surface area contributed by atoms with Gasteiger partial charge in [0.15, 0.2) is 0 Å². The minimum absolute atomic E-state index is 0.0549. The minimum atomic E-state index is 0.0549. The molecule has 3 rings (SSSR count). The molecule has 4 heteroatoms. The zero-order chi connectivity index (χ0) is 16.4. The molecule has 0 saturated carbocycles. The Balaban J connectivity index is 1.84. The molecule has 0 aliphatic carbocycles. The van der Waals surface area contributed by atoms with Crippen molar-refractivity contribution >= 4 is 5.91 Å². The van der Waals surface area contributed by atoms with Crippen LogP contribution >= 0.6 is 0 Å². The standard InChI is InChI=1S/C19H21NO3/c1-13-18-9-8-17(23-3)12-15(18)10-11-20(13)19(21)14-4-6-16(22-2)7-5-14/h4-9,12-13H,10-11H2,1-3H3. The van der Waals surface area contributed by atoms with Gasteiger partial charge in [-0.25, -0.2) is 0 Å². The van der Waals surface area contributed by atoms with Gasteiger partial charge in [0.2, 0.25) is 0 Å². The lowest BCUT2D eigenvalue weighted by Gasteiger charge is -2.35. The third-order valence-electron chi connectivity index (χ3n) is 4.49. The first-order valence-corrected chi connectivity index (χ1v) is 7.76. The van der Waals surface area contributed by atoms with E-state index in [4.69, 9.17) is 9.47 Å². The van der Waals surface area contributed by atoms with Gasteiger partial charge < -0.3 is 14.4 Å². The predicted molar refractivity (Wildman–Crippen MR) is 89.1 cm³/mol. The van der Waals surface area contributed by atoms with Gasteiger partial charge in [-0.3, -0.25) is 4.79 Å². The Bertz CT molecular complexity index is 709. The number of methoxy groups -OCH3 is 2. The highest BCUT2D eigenvalue weighted by Crippen LogP contribution is 2.32. The Morgan fingerprint density at radius 1 is 1.04 bits per heavy atom. The fourth-order valence-electron chi connectivity index (χ4n) is 3.11. The molecule has 1 atom stereocenters. The molecule has 0 fully saturated rings. The molecule has 0 N–H and O–H groups in total. The van der Waals surface area contributed by atoms with E-state index in [1.54, 1.807) is 14.2 Å². The summed E-state index contributed by atoms with van der Waals surface area (Å²) in [6.07, 6.45) is 0.846. The predicted octanol–water partition coefficient (Wildman–Crippen LogP) is 3.46. The number of rotatable bonds is 3. The molecular weight excluding hydrogens is 290 g/mol. The van der Waals surface area contributed by atoms with Gasteiger partial charge in [0.1, 0.15) is 11.5 Å². The molecule has 1 aliphatic rings. The van der Waals surface area contributed by atoms with E-state index in [-0.39, 0.29) is 11.9 Å². The number of amides is 1. The molecule has 1 unspecified atom stereocenters. The van der Waals surface area contributed by atoms with Crippen LogP contribution in [0.5, 0.6) is 11.5 Å². The van der Waals surface area contributed by atoms with Crippen molar-refractivity contribution in [1.29, 1.82) is 0 Å². The SMILES string of the molecule is COc1ccc(C(=O)N2CCc3cc(OC)ccc3C2C)cc1. The molecule has 0 radical (unpaired) electrons. The maximum Gasteiger partial charge on any atom is 0.254 e. The maximum absolute atomic E-state index is 12.8. The molecule has 120 valence electrons. The Hall–Kier alpha value is -2.49. The second-order valence-corrected chi connectivity index (χ2v) is 5.72. The molecule has 1 amide bonds. The van der Waals surface area contributed by atoms with Gasteiger partial charge in [0, 0.05) is 12.1 Å². The summed E-state index contributed by atoms with van der Waals surface area (Å²) in [4.78, 5) is 14.7. The van der Waals surface area contributed by atoms with Gasteiger partial charge in [-0.1, -0.05) is 6.07 Å². The number of carbonyl (C=O) groups excluding carboxylic acids is 1. The van der Waals surface area contributed by atoms with Gasteiger partial charge in [-0.15, -0.1) is 0 Å². The fraction of sp³-hybridized carbons (Fsp3) is 0.316. The molecule has 1 heterocycles. The van der Waals surface area contributed by atoms with Crippen molar-refractivity contribution in [2.75, 3.05) is 20.8 Å². The van der Waals surface area contributed by atoms with Gasteiger partial charge >= 0.3 is 0 Å². The van der Waals surface area contributed by atoms with Crippen molar-refractivity contribution < 1.29 is 14.3 Å². The Morgan fingerprint density at radius 2 is 1.70 bits per heavy atom. The van der Waals surface area contributed by atoms with Gasteiger partial charge in [0.25, 0.3) is 5.91 Å². The second-order valence-electron chi connectivity index (χ2n) is 5.72. The summed E-state index contributed by atoms with van der Waals surface area (Å²) in [5.41, 5.74) is 3.14. The normalized spacial score (nSPS) is 16.7. The molecule has 0 bridgehead atoms.